The van der Waals surface area contributed by atoms with E-state index in [1.165, 1.54) is 17.7 Å². The second-order valence-corrected chi connectivity index (χ2v) is 9.04. The topological polar surface area (TPSA) is 66.9 Å². The molecule has 0 aliphatic heterocycles. The Labute approximate surface area is 190 Å². The van der Waals surface area contributed by atoms with Crippen LogP contribution in [0.2, 0.25) is 0 Å². The third-order valence-electron chi connectivity index (χ3n) is 5.62. The van der Waals surface area contributed by atoms with Crippen molar-refractivity contribution in [3.05, 3.63) is 70.9 Å². The largest absolute Gasteiger partial charge is 0.416 e. The summed E-state index contributed by atoms with van der Waals surface area (Å²) >= 11 is 0. The zero-order valence-electron chi connectivity index (χ0n) is 18.7. The molecule has 0 saturated carbocycles. The number of carbonyl (C=O) groups excluding carboxylic acids is 1. The molecule has 0 atom stereocenters. The van der Waals surface area contributed by atoms with E-state index < -0.39 is 11.7 Å². The Kier molecular flexibility index (Phi) is 5.86. The van der Waals surface area contributed by atoms with Crippen molar-refractivity contribution in [2.75, 3.05) is 10.6 Å². The van der Waals surface area contributed by atoms with Crippen molar-refractivity contribution in [3.63, 3.8) is 0 Å². The van der Waals surface area contributed by atoms with Crippen molar-refractivity contribution in [2.24, 2.45) is 5.41 Å². The summed E-state index contributed by atoms with van der Waals surface area (Å²) in [5.74, 6) is 0.421. The minimum absolute atomic E-state index is 0.0560. The van der Waals surface area contributed by atoms with Crippen molar-refractivity contribution in [1.82, 2.24) is 9.97 Å². The van der Waals surface area contributed by atoms with Crippen LogP contribution in [0.1, 0.15) is 54.4 Å². The van der Waals surface area contributed by atoms with E-state index in [4.69, 9.17) is 0 Å². The predicted molar refractivity (Wildman–Crippen MR) is 122 cm³/mol. The number of hydrogen-bond donors (Lipinski definition) is 2. The third-order valence-corrected chi connectivity index (χ3v) is 5.62. The number of carbonyl (C=O) groups is 1. The fraction of sp³-hybridized carbons (Fsp3) is 0.320. The molecule has 33 heavy (non-hydrogen) atoms. The zero-order chi connectivity index (χ0) is 23.8. The summed E-state index contributed by atoms with van der Waals surface area (Å²) in [5, 5.41) is 6.09. The predicted octanol–water partition coefficient (Wildman–Crippen LogP) is 6.70. The van der Waals surface area contributed by atoms with E-state index in [0.29, 0.717) is 29.9 Å². The molecular formula is C25H25F3N4O. The molecule has 1 aliphatic rings. The van der Waals surface area contributed by atoms with E-state index in [1.807, 2.05) is 38.1 Å². The summed E-state index contributed by atoms with van der Waals surface area (Å²) in [6, 6.07) is 12.6. The van der Waals surface area contributed by atoms with Gasteiger partial charge in [0.25, 0.3) is 0 Å². The van der Waals surface area contributed by atoms with Gasteiger partial charge in [-0.25, -0.2) is 4.98 Å². The summed E-state index contributed by atoms with van der Waals surface area (Å²) < 4.78 is 39.3. The molecule has 4 rings (SSSR count). The minimum atomic E-state index is -4.46. The van der Waals surface area contributed by atoms with E-state index in [2.05, 4.69) is 27.5 Å². The van der Waals surface area contributed by atoms with Gasteiger partial charge in [0, 0.05) is 17.8 Å². The molecule has 0 amide bonds. The summed E-state index contributed by atoms with van der Waals surface area (Å²) in [5.41, 5.74) is 2.12. The van der Waals surface area contributed by atoms with Crippen LogP contribution in [0, 0.1) is 5.41 Å². The van der Waals surface area contributed by atoms with Crippen LogP contribution in [0.25, 0.3) is 0 Å². The molecule has 1 aromatic heterocycles. The number of Topliss-reactive ketones (excluding diaryl/α,β-unsaturated/α-hetero) is 1. The molecule has 1 heterocycles. The monoisotopic (exact) mass is 454 g/mol. The van der Waals surface area contributed by atoms with Gasteiger partial charge in [-0.15, -0.1) is 0 Å². The number of aromatic nitrogens is 2. The Morgan fingerprint density at radius 3 is 2.36 bits per heavy atom. The first-order valence-corrected chi connectivity index (χ1v) is 10.8. The number of rotatable bonds is 5. The molecule has 0 spiro atoms. The number of nitrogens with one attached hydrogen (secondary N) is 2. The number of fused-ring (bicyclic) bond motifs is 1. The van der Waals surface area contributed by atoms with Crippen molar-refractivity contribution < 1.29 is 18.0 Å². The lowest BCUT2D eigenvalue weighted by molar-refractivity contribution is -0.137. The molecular weight excluding hydrogens is 429 g/mol. The molecule has 2 aromatic carbocycles. The molecule has 2 N–H and O–H groups in total. The van der Waals surface area contributed by atoms with Gasteiger partial charge in [-0.05, 0) is 54.2 Å². The first kappa shape index (κ1) is 22.8. The summed E-state index contributed by atoms with van der Waals surface area (Å²) in [7, 11) is 0. The number of alkyl halides is 3. The Bertz CT molecular complexity index is 1190. The lowest BCUT2D eigenvalue weighted by atomic mass is 9.75. The van der Waals surface area contributed by atoms with E-state index in [1.54, 1.807) is 0 Å². The Morgan fingerprint density at radius 2 is 1.70 bits per heavy atom. The highest BCUT2D eigenvalue weighted by Crippen LogP contribution is 2.38. The average molecular weight is 454 g/mol. The van der Waals surface area contributed by atoms with Crippen molar-refractivity contribution >= 4 is 28.9 Å². The first-order chi connectivity index (χ1) is 15.5. The molecule has 172 valence electrons. The van der Waals surface area contributed by atoms with Crippen LogP contribution >= 0.6 is 0 Å². The molecule has 0 fully saturated rings. The van der Waals surface area contributed by atoms with Crippen LogP contribution in [0.3, 0.4) is 0 Å². The van der Waals surface area contributed by atoms with Gasteiger partial charge in [-0.1, -0.05) is 39.0 Å². The van der Waals surface area contributed by atoms with Crippen LogP contribution in [-0.4, -0.2) is 15.8 Å². The highest BCUT2D eigenvalue weighted by Gasteiger charge is 2.35. The maximum atomic E-state index is 13.1. The normalized spacial score (nSPS) is 15.2. The van der Waals surface area contributed by atoms with Gasteiger partial charge in [0.1, 0.15) is 5.82 Å². The number of aryl methyl sites for hydroxylation is 1. The van der Waals surface area contributed by atoms with Crippen LogP contribution in [0.4, 0.5) is 36.3 Å². The molecule has 0 unspecified atom stereocenters. The van der Waals surface area contributed by atoms with E-state index >= 15 is 0 Å². The lowest BCUT2D eigenvalue weighted by Gasteiger charge is -2.30. The van der Waals surface area contributed by atoms with E-state index in [-0.39, 0.29) is 22.8 Å². The Balaban J connectivity index is 1.74. The second kappa shape index (κ2) is 8.50. The lowest BCUT2D eigenvalue weighted by Crippen LogP contribution is -2.29. The smallest absolute Gasteiger partial charge is 0.339 e. The van der Waals surface area contributed by atoms with Gasteiger partial charge in [-0.3, -0.25) is 4.79 Å². The van der Waals surface area contributed by atoms with Gasteiger partial charge in [0.15, 0.2) is 5.78 Å². The van der Waals surface area contributed by atoms with Crippen molar-refractivity contribution in [2.45, 2.75) is 46.2 Å². The minimum Gasteiger partial charge on any atom is -0.339 e. The highest BCUT2D eigenvalue weighted by atomic mass is 19.4. The van der Waals surface area contributed by atoms with Gasteiger partial charge >= 0.3 is 6.18 Å². The number of hydrogen-bond acceptors (Lipinski definition) is 5. The first-order valence-electron chi connectivity index (χ1n) is 10.8. The maximum Gasteiger partial charge on any atom is 0.416 e. The Hall–Kier alpha value is -3.42. The summed E-state index contributed by atoms with van der Waals surface area (Å²) in [6.07, 6.45) is -2.63. The summed E-state index contributed by atoms with van der Waals surface area (Å²) in [6.45, 7) is 6.05. The van der Waals surface area contributed by atoms with Crippen LogP contribution in [0.5, 0.6) is 0 Å². The average Bonchev–Trinajstić information content (AvgIpc) is 2.72. The fourth-order valence-electron chi connectivity index (χ4n) is 3.98. The molecule has 8 heteroatoms. The number of ketones is 1. The van der Waals surface area contributed by atoms with Crippen LogP contribution in [-0.2, 0) is 19.0 Å². The molecule has 1 aliphatic carbocycles. The van der Waals surface area contributed by atoms with Crippen LogP contribution < -0.4 is 10.6 Å². The van der Waals surface area contributed by atoms with E-state index in [9.17, 15) is 18.0 Å². The van der Waals surface area contributed by atoms with Gasteiger partial charge in [0.05, 0.1) is 16.8 Å². The standard InChI is InChI=1S/C25H25F3N4O/c1-4-15-8-10-17(11-9-15)29-22-21-19(13-24(2,3)14-20(21)33)31-23(32-22)30-18-7-5-6-16(12-18)25(26,27)28/h5-12H,4,13-14H2,1-3H3,(H2,29,30,31,32). The maximum absolute atomic E-state index is 13.1. The SMILES string of the molecule is CCc1ccc(Nc2nc(Nc3cccc(C(F)(F)F)c3)nc3c2C(=O)CC(C)(C)C3)cc1. The molecule has 0 bridgehead atoms. The number of anilines is 4. The molecule has 3 aromatic rings. The number of benzene rings is 2. The van der Waals surface area contributed by atoms with Crippen molar-refractivity contribution in [1.29, 1.82) is 0 Å². The van der Waals surface area contributed by atoms with Gasteiger partial charge in [0.2, 0.25) is 5.95 Å². The van der Waals surface area contributed by atoms with Crippen molar-refractivity contribution in [3.8, 4) is 0 Å². The highest BCUT2D eigenvalue weighted by molar-refractivity contribution is 6.03. The molecule has 5 nitrogen and oxygen atoms in total. The molecule has 0 radical (unpaired) electrons. The van der Waals surface area contributed by atoms with E-state index in [0.717, 1.165) is 24.2 Å². The van der Waals surface area contributed by atoms with Gasteiger partial charge < -0.3 is 10.6 Å². The quantitative estimate of drug-likeness (QED) is 0.449. The second-order valence-electron chi connectivity index (χ2n) is 9.04. The number of nitrogens with zero attached hydrogens (tertiary/aromatic N) is 2. The number of halogens is 3. The Morgan fingerprint density at radius 1 is 0.970 bits per heavy atom. The van der Waals surface area contributed by atoms with Gasteiger partial charge in [-0.2, -0.15) is 18.2 Å². The van der Waals surface area contributed by atoms with Crippen LogP contribution in [0.15, 0.2) is 48.5 Å². The zero-order valence-corrected chi connectivity index (χ0v) is 18.7. The fourth-order valence-corrected chi connectivity index (χ4v) is 3.98. The summed E-state index contributed by atoms with van der Waals surface area (Å²) in [4.78, 5) is 22.0. The molecule has 0 saturated heterocycles. The third kappa shape index (κ3) is 5.16.